The summed E-state index contributed by atoms with van der Waals surface area (Å²) in [6.45, 7) is 3.78. The molecule has 0 aliphatic rings. The van der Waals surface area contributed by atoms with Crippen LogP contribution in [0.5, 0.6) is 0 Å². The zero-order chi connectivity index (χ0) is 12.2. The summed E-state index contributed by atoms with van der Waals surface area (Å²) in [5, 5.41) is 1.77. The third-order valence-electron chi connectivity index (χ3n) is 3.08. The van der Waals surface area contributed by atoms with Crippen LogP contribution in [0.15, 0.2) is 33.5 Å². The highest BCUT2D eigenvalue weighted by molar-refractivity contribution is 6.05. The highest BCUT2D eigenvalue weighted by Crippen LogP contribution is 2.29. The van der Waals surface area contributed by atoms with Crippen molar-refractivity contribution in [3.05, 3.63) is 45.9 Å². The van der Waals surface area contributed by atoms with Gasteiger partial charge in [-0.3, -0.25) is 4.79 Å². The first-order chi connectivity index (χ1) is 8.08. The average molecular weight is 228 g/mol. The van der Waals surface area contributed by atoms with Crippen LogP contribution in [0.4, 0.5) is 0 Å². The number of aryl methyl sites for hydroxylation is 2. The number of fused-ring (bicyclic) bond motifs is 3. The molecule has 0 atom stereocenters. The second-order valence-corrected chi connectivity index (χ2v) is 4.28. The second-order valence-electron chi connectivity index (χ2n) is 4.28. The van der Waals surface area contributed by atoms with Gasteiger partial charge in [-0.1, -0.05) is 12.1 Å². The topological polar surface area (TPSA) is 61.2 Å². The molecule has 0 bridgehead atoms. The molecule has 0 saturated heterocycles. The number of rotatable bonds is 0. The molecule has 3 aromatic rings. The molecule has 3 rings (SSSR count). The maximum absolute atomic E-state index is 11.7. The molecule has 0 saturated carbocycles. The van der Waals surface area contributed by atoms with Gasteiger partial charge in [0, 0.05) is 16.8 Å². The van der Waals surface area contributed by atoms with Crippen LogP contribution < -0.4 is 11.4 Å². The van der Waals surface area contributed by atoms with Crippen molar-refractivity contribution in [3.8, 4) is 0 Å². The Morgan fingerprint density at radius 1 is 1.18 bits per heavy atom. The molecule has 1 aromatic carbocycles. The van der Waals surface area contributed by atoms with E-state index in [1.807, 2.05) is 25.1 Å². The lowest BCUT2D eigenvalue weighted by Crippen LogP contribution is -2.28. The lowest BCUT2D eigenvalue weighted by molar-refractivity contribution is 0.656. The van der Waals surface area contributed by atoms with E-state index >= 15 is 0 Å². The Hall–Kier alpha value is -2.23. The number of aromatic nitrogens is 1. The van der Waals surface area contributed by atoms with Gasteiger partial charge in [-0.25, -0.2) is 4.68 Å². The monoisotopic (exact) mass is 228 g/mol. The van der Waals surface area contributed by atoms with Gasteiger partial charge in [-0.15, -0.1) is 0 Å². The Labute approximate surface area is 97.2 Å². The molecule has 0 aliphatic heterocycles. The van der Waals surface area contributed by atoms with E-state index in [0.717, 1.165) is 26.6 Å². The Kier molecular flexibility index (Phi) is 1.84. The highest BCUT2D eigenvalue weighted by atomic mass is 16.3. The summed E-state index contributed by atoms with van der Waals surface area (Å²) in [5.74, 6) is 5.64. The minimum atomic E-state index is -0.224. The van der Waals surface area contributed by atoms with E-state index < -0.39 is 0 Å². The number of furan rings is 1. The van der Waals surface area contributed by atoms with Crippen LogP contribution in [0.3, 0.4) is 0 Å². The molecule has 2 N–H and O–H groups in total. The molecule has 0 amide bonds. The van der Waals surface area contributed by atoms with Crippen LogP contribution in [-0.4, -0.2) is 4.68 Å². The molecule has 4 nitrogen and oxygen atoms in total. The minimum Gasteiger partial charge on any atom is -0.454 e. The van der Waals surface area contributed by atoms with Crippen LogP contribution in [0.2, 0.25) is 0 Å². The van der Waals surface area contributed by atoms with Gasteiger partial charge in [0.25, 0.3) is 5.56 Å². The van der Waals surface area contributed by atoms with E-state index in [9.17, 15) is 4.79 Å². The predicted octanol–water partition coefficient (Wildman–Crippen LogP) is 2.08. The molecule has 86 valence electrons. The van der Waals surface area contributed by atoms with E-state index in [0.29, 0.717) is 11.3 Å². The number of pyridine rings is 1. The highest BCUT2D eigenvalue weighted by Gasteiger charge is 2.12. The van der Waals surface area contributed by atoms with Crippen LogP contribution in [0.1, 0.15) is 11.3 Å². The van der Waals surface area contributed by atoms with Gasteiger partial charge in [0.15, 0.2) is 5.58 Å². The van der Waals surface area contributed by atoms with Gasteiger partial charge >= 0.3 is 0 Å². The van der Waals surface area contributed by atoms with E-state index in [4.69, 9.17) is 10.3 Å². The Morgan fingerprint density at radius 3 is 2.71 bits per heavy atom. The SMILES string of the molecule is Cc1ccc2c(c1)oc1c(C)n(N)c(=O)cc12. The van der Waals surface area contributed by atoms with Crippen LogP contribution in [0, 0.1) is 13.8 Å². The predicted molar refractivity (Wildman–Crippen MR) is 67.6 cm³/mol. The first kappa shape index (κ1) is 9.96. The van der Waals surface area contributed by atoms with Crippen molar-refractivity contribution in [2.75, 3.05) is 5.84 Å². The zero-order valence-corrected chi connectivity index (χ0v) is 9.65. The third-order valence-corrected chi connectivity index (χ3v) is 3.08. The van der Waals surface area contributed by atoms with Gasteiger partial charge in [-0.05, 0) is 25.5 Å². The standard InChI is InChI=1S/C13H12N2O2/c1-7-3-4-9-10-6-12(16)15(14)8(2)13(10)17-11(9)5-7/h3-6H,14H2,1-2H3. The number of nitrogens with zero attached hydrogens (tertiary/aromatic N) is 1. The van der Waals surface area contributed by atoms with Gasteiger partial charge in [-0.2, -0.15) is 0 Å². The fraction of sp³-hybridized carbons (Fsp3) is 0.154. The minimum absolute atomic E-state index is 0.224. The second kappa shape index (κ2) is 3.13. The molecule has 2 heterocycles. The molecule has 0 spiro atoms. The number of nitrogens with two attached hydrogens (primary N) is 1. The molecular weight excluding hydrogens is 216 g/mol. The van der Waals surface area contributed by atoms with Gasteiger partial charge in [0.2, 0.25) is 0 Å². The van der Waals surface area contributed by atoms with Crippen molar-refractivity contribution in [3.63, 3.8) is 0 Å². The number of nitrogen functional groups attached to an aromatic ring is 1. The molecule has 0 aliphatic carbocycles. The van der Waals surface area contributed by atoms with Crippen LogP contribution in [0.25, 0.3) is 21.9 Å². The van der Waals surface area contributed by atoms with E-state index in [1.54, 1.807) is 6.92 Å². The molecular formula is C13H12N2O2. The number of hydrogen-bond acceptors (Lipinski definition) is 3. The average Bonchev–Trinajstić information content (AvgIpc) is 2.64. The first-order valence-electron chi connectivity index (χ1n) is 5.38. The summed E-state index contributed by atoms with van der Waals surface area (Å²) in [5.41, 5.74) is 3.00. The summed E-state index contributed by atoms with van der Waals surface area (Å²) in [6, 6.07) is 7.44. The largest absolute Gasteiger partial charge is 0.454 e. The quantitative estimate of drug-likeness (QED) is 0.599. The van der Waals surface area contributed by atoms with Gasteiger partial charge in [0.1, 0.15) is 5.58 Å². The summed E-state index contributed by atoms with van der Waals surface area (Å²) < 4.78 is 6.87. The number of hydrogen-bond donors (Lipinski definition) is 1. The summed E-state index contributed by atoms with van der Waals surface area (Å²) in [7, 11) is 0. The Balaban J connectivity index is 2.61. The van der Waals surface area contributed by atoms with Crippen LogP contribution in [-0.2, 0) is 0 Å². The Bertz CT molecular complexity index is 796. The molecule has 0 unspecified atom stereocenters. The van der Waals surface area contributed by atoms with Gasteiger partial charge in [0.05, 0.1) is 5.69 Å². The zero-order valence-electron chi connectivity index (χ0n) is 9.65. The van der Waals surface area contributed by atoms with E-state index in [-0.39, 0.29) is 5.56 Å². The van der Waals surface area contributed by atoms with Crippen molar-refractivity contribution in [1.82, 2.24) is 4.68 Å². The van der Waals surface area contributed by atoms with E-state index in [2.05, 4.69) is 0 Å². The maximum Gasteiger partial charge on any atom is 0.269 e. The first-order valence-corrected chi connectivity index (χ1v) is 5.38. The Morgan fingerprint density at radius 2 is 1.94 bits per heavy atom. The summed E-state index contributed by atoms with van der Waals surface area (Å²) in [4.78, 5) is 11.7. The summed E-state index contributed by atoms with van der Waals surface area (Å²) >= 11 is 0. The van der Waals surface area contributed by atoms with Crippen molar-refractivity contribution >= 4 is 21.9 Å². The molecule has 17 heavy (non-hydrogen) atoms. The third kappa shape index (κ3) is 1.27. The number of benzene rings is 1. The van der Waals surface area contributed by atoms with Crippen LogP contribution >= 0.6 is 0 Å². The van der Waals surface area contributed by atoms with Crippen molar-refractivity contribution in [2.45, 2.75) is 13.8 Å². The maximum atomic E-state index is 11.7. The molecule has 4 heteroatoms. The fourth-order valence-electron chi connectivity index (χ4n) is 2.10. The van der Waals surface area contributed by atoms with Crippen molar-refractivity contribution in [2.24, 2.45) is 0 Å². The lowest BCUT2D eigenvalue weighted by atomic mass is 10.1. The van der Waals surface area contributed by atoms with Crippen molar-refractivity contribution < 1.29 is 4.42 Å². The van der Waals surface area contributed by atoms with Gasteiger partial charge < -0.3 is 10.3 Å². The molecule has 0 fully saturated rings. The van der Waals surface area contributed by atoms with E-state index in [1.165, 1.54) is 6.07 Å². The smallest absolute Gasteiger partial charge is 0.269 e. The fourth-order valence-corrected chi connectivity index (χ4v) is 2.10. The van der Waals surface area contributed by atoms with Crippen molar-refractivity contribution in [1.29, 1.82) is 0 Å². The summed E-state index contributed by atoms with van der Waals surface area (Å²) in [6.07, 6.45) is 0. The molecule has 2 aromatic heterocycles. The lowest BCUT2D eigenvalue weighted by Gasteiger charge is -2.01. The molecule has 0 radical (unpaired) electrons. The normalized spacial score (nSPS) is 11.4.